The van der Waals surface area contributed by atoms with Crippen molar-refractivity contribution in [1.29, 1.82) is 0 Å². The molecule has 0 unspecified atom stereocenters. The Kier molecular flexibility index (Phi) is 8.30. The number of esters is 1. The topological polar surface area (TPSA) is 95.2 Å². The number of hydrogen-bond donors (Lipinski definition) is 1. The van der Waals surface area contributed by atoms with Crippen LogP contribution in [0.25, 0.3) is 6.08 Å². The first-order valence-corrected chi connectivity index (χ1v) is 11.5. The second-order valence-corrected chi connectivity index (χ2v) is 9.10. The number of carbonyl (C=O) groups excluding carboxylic acids is 1. The van der Waals surface area contributed by atoms with E-state index >= 15 is 0 Å². The molecule has 3 aromatic rings. The number of carbonyl (C=O) groups is 1. The normalized spacial score (nSPS) is 11.6. The van der Waals surface area contributed by atoms with Crippen molar-refractivity contribution in [2.24, 2.45) is 5.92 Å². The van der Waals surface area contributed by atoms with Gasteiger partial charge in [-0.3, -0.25) is 9.36 Å². The predicted molar refractivity (Wildman–Crippen MR) is 138 cm³/mol. The van der Waals surface area contributed by atoms with E-state index in [2.05, 4.69) is 16.4 Å². The first kappa shape index (κ1) is 26.0. The fourth-order valence-corrected chi connectivity index (χ4v) is 3.73. The molecule has 8 nitrogen and oxygen atoms in total. The number of aryl methyl sites for hydroxylation is 1. The number of ether oxygens (including phenoxy) is 1. The predicted octanol–water partition coefficient (Wildman–Crippen LogP) is 4.39. The molecule has 0 aliphatic rings. The number of methoxy groups -OCH3 is 1. The summed E-state index contributed by atoms with van der Waals surface area (Å²) in [6.07, 6.45) is 2.08. The number of rotatable bonds is 8. The standard InChI is InChI=1S/C26H29ClN4O4/c1-16(2)12-20-8-11-22(13-17(20)3)28-24-29-25(33)31(14-18(4)23(32)35-5)26(34)30(24)15-19-6-9-21(27)10-7-19/h6-13,18H,14-15H2,1-5H3,(H,28,29,33)/t18-/m0/s1. The van der Waals surface area contributed by atoms with Gasteiger partial charge in [-0.15, -0.1) is 0 Å². The van der Waals surface area contributed by atoms with E-state index in [0.717, 1.165) is 21.3 Å². The molecule has 0 fully saturated rings. The third kappa shape index (κ3) is 6.48. The average molecular weight is 497 g/mol. The van der Waals surface area contributed by atoms with Gasteiger partial charge in [-0.25, -0.2) is 14.2 Å². The first-order valence-electron chi connectivity index (χ1n) is 11.2. The summed E-state index contributed by atoms with van der Waals surface area (Å²) in [6.45, 7) is 7.63. The molecular weight excluding hydrogens is 468 g/mol. The summed E-state index contributed by atoms with van der Waals surface area (Å²) in [6, 6.07) is 12.8. The Labute approximate surface area is 208 Å². The quantitative estimate of drug-likeness (QED) is 0.465. The minimum absolute atomic E-state index is 0.103. The first-order chi connectivity index (χ1) is 16.6. The lowest BCUT2D eigenvalue weighted by Crippen LogP contribution is -2.44. The van der Waals surface area contributed by atoms with Gasteiger partial charge in [-0.2, -0.15) is 4.98 Å². The van der Waals surface area contributed by atoms with Crippen molar-refractivity contribution in [3.63, 3.8) is 0 Å². The molecule has 0 saturated carbocycles. The second kappa shape index (κ2) is 11.2. The smallest absolute Gasteiger partial charge is 0.354 e. The molecule has 0 radical (unpaired) electrons. The van der Waals surface area contributed by atoms with Crippen LogP contribution in [-0.2, 0) is 22.6 Å². The lowest BCUT2D eigenvalue weighted by Gasteiger charge is -2.17. The van der Waals surface area contributed by atoms with E-state index in [9.17, 15) is 14.4 Å². The van der Waals surface area contributed by atoms with Crippen LogP contribution < -0.4 is 16.7 Å². The lowest BCUT2D eigenvalue weighted by molar-refractivity contribution is -0.145. The highest BCUT2D eigenvalue weighted by atomic mass is 35.5. The van der Waals surface area contributed by atoms with Crippen LogP contribution in [0.2, 0.25) is 5.02 Å². The summed E-state index contributed by atoms with van der Waals surface area (Å²) >= 11 is 6.00. The van der Waals surface area contributed by atoms with Crippen molar-refractivity contribution in [3.8, 4) is 0 Å². The molecule has 0 aliphatic carbocycles. The number of anilines is 2. The molecule has 1 N–H and O–H groups in total. The van der Waals surface area contributed by atoms with E-state index in [-0.39, 0.29) is 19.0 Å². The third-order valence-corrected chi connectivity index (χ3v) is 5.69. The van der Waals surface area contributed by atoms with E-state index < -0.39 is 23.3 Å². The number of halogens is 1. The summed E-state index contributed by atoms with van der Waals surface area (Å²) in [5, 5.41) is 3.69. The maximum atomic E-state index is 13.4. The van der Waals surface area contributed by atoms with Gasteiger partial charge in [-0.1, -0.05) is 48.4 Å². The van der Waals surface area contributed by atoms with Crippen molar-refractivity contribution in [2.75, 3.05) is 12.4 Å². The van der Waals surface area contributed by atoms with Crippen LogP contribution in [0.3, 0.4) is 0 Å². The number of nitrogens with one attached hydrogen (secondary N) is 1. The van der Waals surface area contributed by atoms with Crippen LogP contribution in [0.5, 0.6) is 0 Å². The van der Waals surface area contributed by atoms with Crippen LogP contribution >= 0.6 is 11.6 Å². The molecular formula is C26H29ClN4O4. The summed E-state index contributed by atoms with van der Waals surface area (Å²) in [5.41, 5.74) is 3.43. The van der Waals surface area contributed by atoms with Gasteiger partial charge in [0.1, 0.15) is 0 Å². The monoisotopic (exact) mass is 496 g/mol. The van der Waals surface area contributed by atoms with E-state index in [1.165, 1.54) is 17.3 Å². The van der Waals surface area contributed by atoms with Gasteiger partial charge >= 0.3 is 17.3 Å². The van der Waals surface area contributed by atoms with Gasteiger partial charge in [0, 0.05) is 17.3 Å². The molecule has 9 heteroatoms. The highest BCUT2D eigenvalue weighted by molar-refractivity contribution is 6.30. The van der Waals surface area contributed by atoms with Gasteiger partial charge in [0.2, 0.25) is 5.95 Å². The summed E-state index contributed by atoms with van der Waals surface area (Å²) in [5.74, 6) is -1.11. The second-order valence-electron chi connectivity index (χ2n) is 8.67. The molecule has 1 atom stereocenters. The third-order valence-electron chi connectivity index (χ3n) is 5.43. The van der Waals surface area contributed by atoms with Crippen molar-refractivity contribution >= 4 is 35.3 Å². The van der Waals surface area contributed by atoms with Crippen molar-refractivity contribution in [2.45, 2.75) is 40.8 Å². The number of hydrogen-bond acceptors (Lipinski definition) is 6. The zero-order chi connectivity index (χ0) is 25.7. The van der Waals surface area contributed by atoms with E-state index in [0.29, 0.717) is 10.7 Å². The highest BCUT2D eigenvalue weighted by Gasteiger charge is 2.20. The SMILES string of the molecule is COC(=O)[C@@H](C)Cn1c(=O)nc(Nc2ccc(C=C(C)C)c(C)c2)n(Cc2ccc(Cl)cc2)c1=O. The average Bonchev–Trinajstić information content (AvgIpc) is 2.81. The molecule has 1 aromatic heterocycles. The van der Waals surface area contributed by atoms with E-state index in [1.807, 2.05) is 39.0 Å². The highest BCUT2D eigenvalue weighted by Crippen LogP contribution is 2.21. The Morgan fingerprint density at radius 1 is 1.14 bits per heavy atom. The van der Waals surface area contributed by atoms with Crippen LogP contribution in [0.1, 0.15) is 37.5 Å². The Morgan fingerprint density at radius 3 is 2.43 bits per heavy atom. The zero-order valence-electron chi connectivity index (χ0n) is 20.5. The molecule has 35 heavy (non-hydrogen) atoms. The fraction of sp³-hybridized carbons (Fsp3) is 0.308. The van der Waals surface area contributed by atoms with Gasteiger partial charge in [0.15, 0.2) is 0 Å². The Balaban J connectivity index is 2.07. The molecule has 0 saturated heterocycles. The van der Waals surface area contributed by atoms with Gasteiger partial charge in [0.05, 0.1) is 19.6 Å². The summed E-state index contributed by atoms with van der Waals surface area (Å²) in [7, 11) is 1.26. The van der Waals surface area contributed by atoms with Gasteiger partial charge in [0.25, 0.3) is 0 Å². The lowest BCUT2D eigenvalue weighted by atomic mass is 10.1. The van der Waals surface area contributed by atoms with Crippen LogP contribution in [0.4, 0.5) is 11.6 Å². The number of allylic oxidation sites excluding steroid dienone is 1. The molecule has 0 amide bonds. The van der Waals surface area contributed by atoms with Crippen molar-refractivity contribution in [3.05, 3.63) is 90.7 Å². The minimum atomic E-state index is -0.751. The largest absolute Gasteiger partial charge is 0.469 e. The Hall–Kier alpha value is -3.65. The van der Waals surface area contributed by atoms with Crippen molar-refractivity contribution in [1.82, 2.24) is 14.1 Å². The fourth-order valence-electron chi connectivity index (χ4n) is 3.60. The molecule has 1 heterocycles. The van der Waals surface area contributed by atoms with Crippen LogP contribution in [-0.4, -0.2) is 27.2 Å². The Bertz CT molecular complexity index is 1370. The van der Waals surface area contributed by atoms with E-state index in [4.69, 9.17) is 16.3 Å². The van der Waals surface area contributed by atoms with Crippen LogP contribution in [0.15, 0.2) is 57.6 Å². The molecule has 184 valence electrons. The number of aromatic nitrogens is 3. The summed E-state index contributed by atoms with van der Waals surface area (Å²) < 4.78 is 7.06. The van der Waals surface area contributed by atoms with Gasteiger partial charge in [-0.05, 0) is 61.7 Å². The summed E-state index contributed by atoms with van der Waals surface area (Å²) in [4.78, 5) is 42.3. The Morgan fingerprint density at radius 2 is 1.83 bits per heavy atom. The van der Waals surface area contributed by atoms with Crippen molar-refractivity contribution < 1.29 is 9.53 Å². The zero-order valence-corrected chi connectivity index (χ0v) is 21.2. The van der Waals surface area contributed by atoms with Crippen LogP contribution in [0, 0.1) is 12.8 Å². The number of nitrogens with zero attached hydrogens (tertiary/aromatic N) is 3. The molecule has 0 spiro atoms. The molecule has 0 bridgehead atoms. The minimum Gasteiger partial charge on any atom is -0.469 e. The maximum absolute atomic E-state index is 13.4. The molecule has 0 aliphatic heterocycles. The van der Waals surface area contributed by atoms with Gasteiger partial charge < -0.3 is 10.1 Å². The molecule has 3 rings (SSSR count). The van der Waals surface area contributed by atoms with E-state index in [1.54, 1.807) is 31.2 Å². The maximum Gasteiger partial charge on any atom is 0.354 e. The molecule has 2 aromatic carbocycles. The number of benzene rings is 2.